The van der Waals surface area contributed by atoms with Gasteiger partial charge < -0.3 is 5.32 Å². The second kappa shape index (κ2) is 7.56. The quantitative estimate of drug-likeness (QED) is 0.712. The maximum Gasteiger partial charge on any atom is 0.259 e. The molecule has 27 heavy (non-hydrogen) atoms. The zero-order valence-electron chi connectivity index (χ0n) is 16.3. The molecule has 0 aliphatic heterocycles. The lowest BCUT2D eigenvalue weighted by Gasteiger charge is -2.08. The van der Waals surface area contributed by atoms with Gasteiger partial charge in [0.05, 0.1) is 34.9 Å². The van der Waals surface area contributed by atoms with Gasteiger partial charge in [-0.2, -0.15) is 10.2 Å². The fraction of sp³-hybridized carbons (Fsp3) is 0.350. The van der Waals surface area contributed by atoms with Crippen molar-refractivity contribution < 1.29 is 4.79 Å². The first-order valence-electron chi connectivity index (χ1n) is 8.95. The van der Waals surface area contributed by atoms with Crippen molar-refractivity contribution in [3.05, 3.63) is 63.2 Å². The third-order valence-corrected chi connectivity index (χ3v) is 4.98. The summed E-state index contributed by atoms with van der Waals surface area (Å²) in [6.07, 6.45) is 0. The highest BCUT2D eigenvalue weighted by atomic mass is 35.5. The summed E-state index contributed by atoms with van der Waals surface area (Å²) in [5, 5.41) is 12.7. The highest BCUT2D eigenvalue weighted by molar-refractivity contribution is 6.30. The van der Waals surface area contributed by atoms with Crippen LogP contribution in [0.15, 0.2) is 24.3 Å². The van der Waals surface area contributed by atoms with Crippen LogP contribution in [-0.2, 0) is 13.1 Å². The van der Waals surface area contributed by atoms with Crippen LogP contribution in [0, 0.1) is 27.7 Å². The van der Waals surface area contributed by atoms with Crippen molar-refractivity contribution in [1.82, 2.24) is 19.6 Å². The van der Waals surface area contributed by atoms with Gasteiger partial charge in [0.2, 0.25) is 0 Å². The molecule has 0 unspecified atom stereocenters. The highest BCUT2D eigenvalue weighted by Gasteiger charge is 2.21. The number of aryl methyl sites for hydroxylation is 3. The van der Waals surface area contributed by atoms with Crippen molar-refractivity contribution in [2.24, 2.45) is 0 Å². The molecule has 0 aliphatic carbocycles. The summed E-state index contributed by atoms with van der Waals surface area (Å²) in [7, 11) is 0. The van der Waals surface area contributed by atoms with Crippen molar-refractivity contribution in [3.63, 3.8) is 0 Å². The summed E-state index contributed by atoms with van der Waals surface area (Å²) < 4.78 is 3.72. The fourth-order valence-electron chi connectivity index (χ4n) is 3.35. The van der Waals surface area contributed by atoms with E-state index in [0.29, 0.717) is 17.1 Å². The van der Waals surface area contributed by atoms with Gasteiger partial charge in [0.25, 0.3) is 5.91 Å². The van der Waals surface area contributed by atoms with E-state index in [2.05, 4.69) is 15.5 Å². The van der Waals surface area contributed by atoms with Gasteiger partial charge in [0.1, 0.15) is 0 Å². The minimum Gasteiger partial charge on any atom is -0.319 e. The lowest BCUT2D eigenvalue weighted by Crippen LogP contribution is -2.15. The molecule has 1 N–H and O–H groups in total. The van der Waals surface area contributed by atoms with E-state index in [1.165, 1.54) is 0 Å². The molecule has 0 spiro atoms. The number of carbonyl (C=O) groups is 1. The molecule has 1 amide bonds. The molecule has 0 radical (unpaired) electrons. The highest BCUT2D eigenvalue weighted by Crippen LogP contribution is 2.23. The molecular weight excluding hydrogens is 362 g/mol. The first kappa shape index (κ1) is 19.2. The Labute approximate surface area is 164 Å². The Kier molecular flexibility index (Phi) is 5.37. The van der Waals surface area contributed by atoms with Crippen LogP contribution < -0.4 is 5.32 Å². The minimum atomic E-state index is -0.154. The van der Waals surface area contributed by atoms with Crippen LogP contribution in [0.3, 0.4) is 0 Å². The van der Waals surface area contributed by atoms with Gasteiger partial charge in [0.15, 0.2) is 0 Å². The molecule has 2 heterocycles. The number of rotatable bonds is 5. The molecule has 3 rings (SSSR count). The minimum absolute atomic E-state index is 0.154. The molecule has 1 aromatic carbocycles. The van der Waals surface area contributed by atoms with Crippen LogP contribution in [-0.4, -0.2) is 25.5 Å². The standard InChI is InChI=1S/C20H24ClN5O/c1-6-25-14(4)18(12(2)23-25)20(27)22-19-13(3)24-26(15(19)5)11-16-8-7-9-17(21)10-16/h7-10H,6,11H2,1-5H3,(H,22,27). The summed E-state index contributed by atoms with van der Waals surface area (Å²) in [5.41, 5.74) is 5.70. The third-order valence-electron chi connectivity index (χ3n) is 4.75. The smallest absolute Gasteiger partial charge is 0.259 e. The predicted octanol–water partition coefficient (Wildman–Crippen LogP) is 4.29. The predicted molar refractivity (Wildman–Crippen MR) is 108 cm³/mol. The monoisotopic (exact) mass is 385 g/mol. The molecule has 2 aromatic heterocycles. The largest absolute Gasteiger partial charge is 0.319 e. The summed E-state index contributed by atoms with van der Waals surface area (Å²) >= 11 is 6.07. The summed E-state index contributed by atoms with van der Waals surface area (Å²) in [5.74, 6) is -0.154. The van der Waals surface area contributed by atoms with Crippen molar-refractivity contribution in [2.75, 3.05) is 5.32 Å². The average molecular weight is 386 g/mol. The Morgan fingerprint density at radius 3 is 2.41 bits per heavy atom. The molecule has 6 nitrogen and oxygen atoms in total. The van der Waals surface area contributed by atoms with Crippen molar-refractivity contribution in [3.8, 4) is 0 Å². The van der Waals surface area contributed by atoms with E-state index in [-0.39, 0.29) is 5.91 Å². The van der Waals surface area contributed by atoms with E-state index < -0.39 is 0 Å². The number of amides is 1. The van der Waals surface area contributed by atoms with Crippen LogP contribution in [0.5, 0.6) is 0 Å². The molecule has 142 valence electrons. The molecule has 0 saturated heterocycles. The first-order chi connectivity index (χ1) is 12.8. The first-order valence-corrected chi connectivity index (χ1v) is 9.33. The number of benzene rings is 1. The van der Waals surface area contributed by atoms with Crippen LogP contribution in [0.1, 0.15) is 45.6 Å². The number of nitrogens with one attached hydrogen (secondary N) is 1. The van der Waals surface area contributed by atoms with Gasteiger partial charge in [-0.25, -0.2) is 0 Å². The van der Waals surface area contributed by atoms with Gasteiger partial charge in [-0.3, -0.25) is 14.2 Å². The van der Waals surface area contributed by atoms with Gasteiger partial charge in [-0.1, -0.05) is 23.7 Å². The molecule has 0 aliphatic rings. The lowest BCUT2D eigenvalue weighted by molar-refractivity contribution is 0.102. The molecule has 0 fully saturated rings. The fourth-order valence-corrected chi connectivity index (χ4v) is 3.56. The maximum absolute atomic E-state index is 12.9. The van der Waals surface area contributed by atoms with Gasteiger partial charge in [-0.05, 0) is 52.3 Å². The van der Waals surface area contributed by atoms with Crippen molar-refractivity contribution in [2.45, 2.75) is 47.7 Å². The zero-order chi connectivity index (χ0) is 19.7. The molecule has 0 saturated carbocycles. The van der Waals surface area contributed by atoms with Crippen LogP contribution in [0.25, 0.3) is 0 Å². The Morgan fingerprint density at radius 2 is 1.78 bits per heavy atom. The Balaban J connectivity index is 1.87. The number of carbonyl (C=O) groups excluding carboxylic acids is 1. The molecule has 0 atom stereocenters. The Bertz CT molecular complexity index is 1000. The zero-order valence-corrected chi connectivity index (χ0v) is 17.1. The second-order valence-electron chi connectivity index (χ2n) is 6.65. The van der Waals surface area contributed by atoms with Gasteiger partial charge >= 0.3 is 0 Å². The number of hydrogen-bond acceptors (Lipinski definition) is 3. The number of anilines is 1. The van der Waals surface area contributed by atoms with Gasteiger partial charge in [0, 0.05) is 17.3 Å². The maximum atomic E-state index is 12.9. The topological polar surface area (TPSA) is 64.7 Å². The number of nitrogens with zero attached hydrogens (tertiary/aromatic N) is 4. The summed E-state index contributed by atoms with van der Waals surface area (Å²) in [4.78, 5) is 12.9. The Morgan fingerprint density at radius 1 is 1.07 bits per heavy atom. The number of hydrogen-bond donors (Lipinski definition) is 1. The van der Waals surface area contributed by atoms with E-state index in [1.807, 2.05) is 68.2 Å². The number of aromatic nitrogens is 4. The molecule has 0 bridgehead atoms. The number of halogens is 1. The molecule has 7 heteroatoms. The van der Waals surface area contributed by atoms with Crippen LogP contribution >= 0.6 is 11.6 Å². The third kappa shape index (κ3) is 3.76. The van der Waals surface area contributed by atoms with Crippen LogP contribution in [0.4, 0.5) is 5.69 Å². The van der Waals surface area contributed by atoms with E-state index >= 15 is 0 Å². The van der Waals surface area contributed by atoms with E-state index in [4.69, 9.17) is 11.6 Å². The van der Waals surface area contributed by atoms with E-state index in [0.717, 1.165) is 40.6 Å². The summed E-state index contributed by atoms with van der Waals surface area (Å²) in [6.45, 7) is 11.0. The average Bonchev–Trinajstić information content (AvgIpc) is 3.04. The van der Waals surface area contributed by atoms with Gasteiger partial charge in [-0.15, -0.1) is 0 Å². The van der Waals surface area contributed by atoms with Crippen molar-refractivity contribution in [1.29, 1.82) is 0 Å². The molecule has 3 aromatic rings. The lowest BCUT2D eigenvalue weighted by atomic mass is 10.1. The van der Waals surface area contributed by atoms with Crippen LogP contribution in [0.2, 0.25) is 5.02 Å². The SMILES string of the molecule is CCn1nc(C)c(C(=O)Nc2c(C)nn(Cc3cccc(Cl)c3)c2C)c1C. The normalized spacial score (nSPS) is 11.0. The Hall–Kier alpha value is -2.60. The molecular formula is C20H24ClN5O. The van der Waals surface area contributed by atoms with E-state index in [1.54, 1.807) is 0 Å². The summed E-state index contributed by atoms with van der Waals surface area (Å²) in [6, 6.07) is 7.69. The van der Waals surface area contributed by atoms with E-state index in [9.17, 15) is 4.79 Å². The van der Waals surface area contributed by atoms with Crippen molar-refractivity contribution >= 4 is 23.2 Å². The second-order valence-corrected chi connectivity index (χ2v) is 7.09.